The Morgan fingerprint density at radius 1 is 1.06 bits per heavy atom. The third-order valence-corrected chi connectivity index (χ3v) is 7.69. The summed E-state index contributed by atoms with van der Waals surface area (Å²) in [5.74, 6) is -0.862. The van der Waals surface area contributed by atoms with E-state index >= 15 is 0 Å². The number of halogens is 3. The lowest BCUT2D eigenvalue weighted by Crippen LogP contribution is -2.52. The van der Waals surface area contributed by atoms with Crippen LogP contribution in [0.25, 0.3) is 0 Å². The van der Waals surface area contributed by atoms with E-state index in [0.29, 0.717) is 34.3 Å². The number of hydrogen-bond donors (Lipinski definition) is 1. The van der Waals surface area contributed by atoms with Crippen LogP contribution in [-0.2, 0) is 26.2 Å². The summed E-state index contributed by atoms with van der Waals surface area (Å²) in [7, 11) is -3.78. The molecular formula is C23H28Cl2IN3O4S. The monoisotopic (exact) mass is 639 g/mol. The zero-order chi connectivity index (χ0) is 25.5. The molecule has 0 aliphatic carbocycles. The summed E-state index contributed by atoms with van der Waals surface area (Å²) in [5.41, 5.74) is 0.844. The first kappa shape index (κ1) is 28.7. The van der Waals surface area contributed by atoms with E-state index in [2.05, 4.69) is 27.9 Å². The number of rotatable bonds is 11. The molecule has 34 heavy (non-hydrogen) atoms. The van der Waals surface area contributed by atoms with Crippen molar-refractivity contribution >= 4 is 73.3 Å². The van der Waals surface area contributed by atoms with Gasteiger partial charge in [0.15, 0.2) is 0 Å². The molecule has 11 heteroatoms. The minimum atomic E-state index is -3.78. The molecule has 2 rings (SSSR count). The van der Waals surface area contributed by atoms with Gasteiger partial charge in [0.2, 0.25) is 21.8 Å². The van der Waals surface area contributed by atoms with Crippen LogP contribution in [0.1, 0.15) is 32.3 Å². The fourth-order valence-electron chi connectivity index (χ4n) is 3.36. The van der Waals surface area contributed by atoms with Crippen molar-refractivity contribution in [2.45, 2.75) is 39.3 Å². The molecule has 7 nitrogen and oxygen atoms in total. The Hall–Kier alpha value is -1.56. The lowest BCUT2D eigenvalue weighted by Gasteiger charge is -2.33. The molecule has 0 bridgehead atoms. The average Bonchev–Trinajstić information content (AvgIpc) is 2.77. The van der Waals surface area contributed by atoms with Gasteiger partial charge < -0.3 is 10.2 Å². The van der Waals surface area contributed by atoms with Crippen LogP contribution in [0.15, 0.2) is 42.5 Å². The summed E-state index contributed by atoms with van der Waals surface area (Å²) in [5, 5.41) is 3.53. The molecule has 2 aromatic carbocycles. The minimum absolute atomic E-state index is 0.0420. The van der Waals surface area contributed by atoms with E-state index in [1.165, 1.54) is 4.90 Å². The normalized spacial score (nSPS) is 12.2. The predicted molar refractivity (Wildman–Crippen MR) is 146 cm³/mol. The lowest BCUT2D eigenvalue weighted by atomic mass is 10.1. The third-order valence-electron chi connectivity index (χ3n) is 5.12. The molecule has 1 atom stereocenters. The van der Waals surface area contributed by atoms with Gasteiger partial charge in [0, 0.05) is 32.3 Å². The molecule has 0 saturated heterocycles. The van der Waals surface area contributed by atoms with E-state index in [0.717, 1.165) is 20.6 Å². The topological polar surface area (TPSA) is 86.8 Å². The Kier molecular flexibility index (Phi) is 10.9. The highest BCUT2D eigenvalue weighted by Gasteiger charge is 2.32. The first-order chi connectivity index (χ1) is 16.0. The molecule has 0 aliphatic heterocycles. The second-order valence-corrected chi connectivity index (χ2v) is 11.6. The van der Waals surface area contributed by atoms with Gasteiger partial charge in [-0.3, -0.25) is 13.9 Å². The van der Waals surface area contributed by atoms with E-state index in [1.54, 1.807) is 49.4 Å². The molecule has 0 spiro atoms. The summed E-state index contributed by atoms with van der Waals surface area (Å²) >= 11 is 14.8. The number of hydrogen-bond acceptors (Lipinski definition) is 4. The fourth-order valence-corrected chi connectivity index (χ4v) is 5.09. The van der Waals surface area contributed by atoms with Crippen molar-refractivity contribution in [1.82, 2.24) is 10.2 Å². The van der Waals surface area contributed by atoms with Gasteiger partial charge in [-0.1, -0.05) is 43.1 Å². The van der Waals surface area contributed by atoms with Crippen molar-refractivity contribution in [2.24, 2.45) is 0 Å². The number of amides is 2. The van der Waals surface area contributed by atoms with Gasteiger partial charge in [-0.05, 0) is 71.8 Å². The molecule has 0 unspecified atom stereocenters. The highest BCUT2D eigenvalue weighted by atomic mass is 127. The van der Waals surface area contributed by atoms with Crippen LogP contribution in [0.2, 0.25) is 10.0 Å². The van der Waals surface area contributed by atoms with Gasteiger partial charge in [-0.25, -0.2) is 8.42 Å². The minimum Gasteiger partial charge on any atom is -0.354 e. The van der Waals surface area contributed by atoms with E-state index in [9.17, 15) is 18.0 Å². The summed E-state index contributed by atoms with van der Waals surface area (Å²) < 4.78 is 27.1. The number of carbonyl (C=O) groups is 2. The van der Waals surface area contributed by atoms with E-state index < -0.39 is 28.5 Å². The molecule has 0 aliphatic rings. The van der Waals surface area contributed by atoms with Gasteiger partial charge in [-0.15, -0.1) is 0 Å². The highest BCUT2D eigenvalue weighted by Crippen LogP contribution is 2.27. The Labute approximate surface area is 225 Å². The molecule has 0 heterocycles. The van der Waals surface area contributed by atoms with Crippen molar-refractivity contribution in [3.63, 3.8) is 0 Å². The largest absolute Gasteiger partial charge is 0.354 e. The lowest BCUT2D eigenvalue weighted by molar-refractivity contribution is -0.140. The van der Waals surface area contributed by atoms with Crippen LogP contribution in [0, 0.1) is 3.57 Å². The number of carbonyl (C=O) groups excluding carboxylic acids is 2. The molecule has 0 aromatic heterocycles. The molecule has 0 fully saturated rings. The Morgan fingerprint density at radius 3 is 2.15 bits per heavy atom. The SMILES string of the molecule is CCCNC(=O)[C@H](CC)N(Cc1c(Cl)cccc1Cl)C(=O)CN(c1ccc(I)cc1)S(C)(=O)=O. The maximum atomic E-state index is 13.6. The second kappa shape index (κ2) is 12.9. The Balaban J connectivity index is 2.47. The standard InChI is InChI=1S/C23H28Cl2IN3O4S/c1-4-13-27-23(31)21(5-2)28(14-18-19(24)7-6-8-20(18)25)22(30)15-29(34(3,32)33)17-11-9-16(26)10-12-17/h6-12,21H,4-5,13-15H2,1-3H3,(H,27,31)/t21-/m0/s1. The van der Waals surface area contributed by atoms with Crippen molar-refractivity contribution in [1.29, 1.82) is 0 Å². The molecule has 2 aromatic rings. The van der Waals surface area contributed by atoms with Gasteiger partial charge in [0.25, 0.3) is 0 Å². The van der Waals surface area contributed by atoms with Gasteiger partial charge in [0.1, 0.15) is 12.6 Å². The third kappa shape index (κ3) is 7.73. The van der Waals surface area contributed by atoms with E-state index in [1.807, 2.05) is 6.92 Å². The molecule has 186 valence electrons. The van der Waals surface area contributed by atoms with Crippen LogP contribution in [0.5, 0.6) is 0 Å². The maximum Gasteiger partial charge on any atom is 0.244 e. The summed E-state index contributed by atoms with van der Waals surface area (Å²) in [6.45, 7) is 3.66. The van der Waals surface area contributed by atoms with Crippen LogP contribution in [0.3, 0.4) is 0 Å². The van der Waals surface area contributed by atoms with Crippen molar-refractivity contribution < 1.29 is 18.0 Å². The molecule has 0 radical (unpaired) electrons. The fraction of sp³-hybridized carbons (Fsp3) is 0.391. The van der Waals surface area contributed by atoms with Gasteiger partial charge in [0.05, 0.1) is 11.9 Å². The second-order valence-electron chi connectivity index (χ2n) is 7.68. The van der Waals surface area contributed by atoms with Crippen molar-refractivity contribution in [3.05, 3.63) is 61.6 Å². The van der Waals surface area contributed by atoms with Gasteiger partial charge in [-0.2, -0.15) is 0 Å². The van der Waals surface area contributed by atoms with Crippen LogP contribution >= 0.6 is 45.8 Å². The average molecular weight is 640 g/mol. The van der Waals surface area contributed by atoms with E-state index in [-0.39, 0.29) is 12.5 Å². The summed E-state index contributed by atoms with van der Waals surface area (Å²) in [6, 6.07) is 10.9. The number of nitrogens with one attached hydrogen (secondary N) is 1. The first-order valence-corrected chi connectivity index (χ1v) is 14.4. The number of nitrogens with zero attached hydrogens (tertiary/aromatic N) is 2. The van der Waals surface area contributed by atoms with Crippen LogP contribution in [-0.4, -0.2) is 50.5 Å². The maximum absolute atomic E-state index is 13.6. The van der Waals surface area contributed by atoms with Crippen LogP contribution in [0.4, 0.5) is 5.69 Å². The Bertz CT molecular complexity index is 1090. The van der Waals surface area contributed by atoms with Crippen molar-refractivity contribution in [2.75, 3.05) is 23.7 Å². The van der Waals surface area contributed by atoms with Crippen molar-refractivity contribution in [3.8, 4) is 0 Å². The predicted octanol–water partition coefficient (Wildman–Crippen LogP) is 4.70. The molecular weight excluding hydrogens is 612 g/mol. The highest BCUT2D eigenvalue weighted by molar-refractivity contribution is 14.1. The van der Waals surface area contributed by atoms with E-state index in [4.69, 9.17) is 23.2 Å². The summed E-state index contributed by atoms with van der Waals surface area (Å²) in [4.78, 5) is 27.9. The molecule has 1 N–H and O–H groups in total. The summed E-state index contributed by atoms with van der Waals surface area (Å²) in [6.07, 6.45) is 2.10. The smallest absolute Gasteiger partial charge is 0.244 e. The Morgan fingerprint density at radius 2 is 1.65 bits per heavy atom. The zero-order valence-electron chi connectivity index (χ0n) is 19.2. The first-order valence-electron chi connectivity index (χ1n) is 10.7. The molecule has 0 saturated carbocycles. The number of sulfonamides is 1. The number of anilines is 1. The molecule has 2 amide bonds. The quantitative estimate of drug-likeness (QED) is 0.361. The van der Waals surface area contributed by atoms with Gasteiger partial charge >= 0.3 is 0 Å². The zero-order valence-corrected chi connectivity index (χ0v) is 23.7. The van der Waals surface area contributed by atoms with Crippen LogP contribution < -0.4 is 9.62 Å². The number of benzene rings is 2.